The van der Waals surface area contributed by atoms with Crippen LogP contribution in [-0.2, 0) is 22.6 Å². The monoisotopic (exact) mass is 556 g/mol. The molecule has 4 N–H and O–H groups in total. The van der Waals surface area contributed by atoms with Crippen LogP contribution >= 0.6 is 11.8 Å². The maximum atomic E-state index is 11.7. The molecule has 4 atom stereocenters. The molecular formula is C32H32N2O5S. The van der Waals surface area contributed by atoms with Crippen LogP contribution in [0.25, 0.3) is 11.1 Å². The molecule has 0 spiro atoms. The fraction of sp³-hybridized carbons (Fsp3) is 0.250. The van der Waals surface area contributed by atoms with Gasteiger partial charge in [0.15, 0.2) is 6.29 Å². The van der Waals surface area contributed by atoms with Gasteiger partial charge in [0.1, 0.15) is 5.03 Å². The van der Waals surface area contributed by atoms with Gasteiger partial charge in [-0.2, -0.15) is 0 Å². The summed E-state index contributed by atoms with van der Waals surface area (Å²) in [4.78, 5) is 16.0. The van der Waals surface area contributed by atoms with Crippen molar-refractivity contribution in [2.24, 2.45) is 11.7 Å². The molecule has 7 nitrogen and oxygen atoms in total. The highest BCUT2D eigenvalue weighted by Crippen LogP contribution is 2.43. The predicted molar refractivity (Wildman–Crippen MR) is 155 cm³/mol. The van der Waals surface area contributed by atoms with Gasteiger partial charge < -0.3 is 25.4 Å². The molecule has 1 fully saturated rings. The Hall–Kier alpha value is -3.53. The number of pyridine rings is 1. The fourth-order valence-electron chi connectivity index (χ4n) is 4.94. The third kappa shape index (κ3) is 6.11. The molecule has 40 heavy (non-hydrogen) atoms. The van der Waals surface area contributed by atoms with Gasteiger partial charge in [0.05, 0.1) is 24.4 Å². The van der Waals surface area contributed by atoms with Gasteiger partial charge >= 0.3 is 5.97 Å². The highest BCUT2D eigenvalue weighted by atomic mass is 32.2. The van der Waals surface area contributed by atoms with Gasteiger partial charge in [0, 0.05) is 30.0 Å². The van der Waals surface area contributed by atoms with Crippen LogP contribution in [0.3, 0.4) is 0 Å². The van der Waals surface area contributed by atoms with Gasteiger partial charge in [0.25, 0.3) is 0 Å². The quantitative estimate of drug-likeness (QED) is 0.216. The van der Waals surface area contributed by atoms with Crippen LogP contribution in [0, 0.1) is 5.92 Å². The summed E-state index contributed by atoms with van der Waals surface area (Å²) in [5.41, 5.74) is 12.1. The normalized spacial score (nSPS) is 20.8. The van der Waals surface area contributed by atoms with E-state index in [2.05, 4.69) is 30.1 Å². The summed E-state index contributed by atoms with van der Waals surface area (Å²) in [6.45, 7) is 2.51. The van der Waals surface area contributed by atoms with Gasteiger partial charge in [-0.05, 0) is 39.9 Å². The zero-order valence-electron chi connectivity index (χ0n) is 22.1. The number of rotatable bonds is 9. The van der Waals surface area contributed by atoms with E-state index in [-0.39, 0.29) is 30.3 Å². The minimum atomic E-state index is -1.01. The average Bonchev–Trinajstić information content (AvgIpc) is 3.00. The Morgan fingerprint density at radius 3 is 2.38 bits per heavy atom. The second kappa shape index (κ2) is 12.8. The van der Waals surface area contributed by atoms with E-state index in [1.807, 2.05) is 54.6 Å². The molecule has 3 aromatic carbocycles. The first-order valence-corrected chi connectivity index (χ1v) is 14.2. The molecule has 1 saturated heterocycles. The maximum absolute atomic E-state index is 11.7. The topological polar surface area (TPSA) is 115 Å². The molecule has 0 unspecified atom stereocenters. The van der Waals surface area contributed by atoms with Crippen molar-refractivity contribution in [1.29, 1.82) is 0 Å². The van der Waals surface area contributed by atoms with E-state index in [9.17, 15) is 15.0 Å². The average molecular weight is 557 g/mol. The number of aromatic carboxylic acids is 1. The first kappa shape index (κ1) is 28.0. The van der Waals surface area contributed by atoms with E-state index in [0.717, 1.165) is 33.4 Å². The lowest BCUT2D eigenvalue weighted by Crippen LogP contribution is -2.38. The van der Waals surface area contributed by atoms with Gasteiger partial charge in [0.2, 0.25) is 0 Å². The van der Waals surface area contributed by atoms with Crippen LogP contribution in [0.5, 0.6) is 0 Å². The smallest absolute Gasteiger partial charge is 0.338 e. The molecule has 1 aliphatic rings. The van der Waals surface area contributed by atoms with Crippen LogP contribution in [0.2, 0.25) is 0 Å². The number of benzene rings is 3. The lowest BCUT2D eigenvalue weighted by molar-refractivity contribution is -0.268. The van der Waals surface area contributed by atoms with Crippen LogP contribution in [0.1, 0.15) is 51.9 Å². The van der Waals surface area contributed by atoms with E-state index in [1.54, 1.807) is 18.3 Å². The number of aliphatic hydroxyl groups excluding tert-OH is 1. The van der Waals surface area contributed by atoms with E-state index in [4.69, 9.17) is 15.2 Å². The van der Waals surface area contributed by atoms with Gasteiger partial charge in [-0.3, -0.25) is 0 Å². The number of carbonyl (C=O) groups is 1. The number of ether oxygens (including phenoxy) is 2. The van der Waals surface area contributed by atoms with Crippen molar-refractivity contribution in [1.82, 2.24) is 4.98 Å². The van der Waals surface area contributed by atoms with Gasteiger partial charge in [-0.25, -0.2) is 9.78 Å². The summed E-state index contributed by atoms with van der Waals surface area (Å²) in [5, 5.41) is 19.5. The summed E-state index contributed by atoms with van der Waals surface area (Å²) < 4.78 is 13.1. The SMILES string of the molecule is C[C@@H]1[C@H](CSc2ncccc2C(=O)O)O[C@H](c2ccc(-c3ccccc3CN)cc2)O[C@@H]1c1ccc(CO)cc1. The Kier molecular flexibility index (Phi) is 8.94. The molecule has 0 saturated carbocycles. The summed E-state index contributed by atoms with van der Waals surface area (Å²) in [5.74, 6) is -0.533. The number of carboxylic acids is 1. The highest BCUT2D eigenvalue weighted by molar-refractivity contribution is 7.99. The zero-order chi connectivity index (χ0) is 28.1. The highest BCUT2D eigenvalue weighted by Gasteiger charge is 2.38. The molecule has 0 amide bonds. The molecule has 8 heteroatoms. The van der Waals surface area contributed by atoms with Crippen molar-refractivity contribution in [3.8, 4) is 11.1 Å². The summed E-state index contributed by atoms with van der Waals surface area (Å²) in [6, 6.07) is 27.2. The molecule has 1 aromatic heterocycles. The fourth-order valence-corrected chi connectivity index (χ4v) is 6.09. The van der Waals surface area contributed by atoms with E-state index in [1.165, 1.54) is 11.8 Å². The van der Waals surface area contributed by atoms with Crippen LogP contribution in [-0.4, -0.2) is 33.0 Å². The van der Waals surface area contributed by atoms with Crippen molar-refractivity contribution in [2.45, 2.75) is 43.6 Å². The Morgan fingerprint density at radius 1 is 0.950 bits per heavy atom. The third-order valence-electron chi connectivity index (χ3n) is 7.24. The van der Waals surface area contributed by atoms with Gasteiger partial charge in [-0.1, -0.05) is 79.7 Å². The Balaban J connectivity index is 1.42. The number of nitrogens with two attached hydrogens (primary N) is 1. The lowest BCUT2D eigenvalue weighted by Gasteiger charge is -2.41. The first-order valence-electron chi connectivity index (χ1n) is 13.2. The minimum absolute atomic E-state index is 0.0258. The summed E-state index contributed by atoms with van der Waals surface area (Å²) >= 11 is 1.37. The number of aliphatic hydroxyl groups is 1. The maximum Gasteiger partial charge on any atom is 0.338 e. The second-order valence-corrected chi connectivity index (χ2v) is 10.8. The number of thioether (sulfide) groups is 1. The second-order valence-electron chi connectivity index (χ2n) is 9.78. The number of hydrogen-bond acceptors (Lipinski definition) is 7. The van der Waals surface area contributed by atoms with Crippen molar-refractivity contribution >= 4 is 17.7 Å². The predicted octanol–water partition coefficient (Wildman–Crippen LogP) is 5.98. The molecule has 4 aromatic rings. The van der Waals surface area contributed by atoms with Crippen molar-refractivity contribution < 1.29 is 24.5 Å². The van der Waals surface area contributed by atoms with Gasteiger partial charge in [-0.15, -0.1) is 11.8 Å². The van der Waals surface area contributed by atoms with Crippen LogP contribution in [0.4, 0.5) is 0 Å². The molecule has 206 valence electrons. The number of nitrogens with zero attached hydrogens (tertiary/aromatic N) is 1. The van der Waals surface area contributed by atoms with E-state index >= 15 is 0 Å². The molecule has 0 bridgehead atoms. The summed E-state index contributed by atoms with van der Waals surface area (Å²) in [6.07, 6.45) is 0.470. The lowest BCUT2D eigenvalue weighted by atomic mass is 9.91. The molecule has 0 aliphatic carbocycles. The molecule has 2 heterocycles. The number of aromatic nitrogens is 1. The van der Waals surface area contributed by atoms with Crippen molar-refractivity contribution in [3.05, 3.63) is 119 Å². The van der Waals surface area contributed by atoms with Crippen LogP contribution in [0.15, 0.2) is 96.2 Å². The molecule has 1 aliphatic heterocycles. The Labute approximate surface area is 238 Å². The van der Waals surface area contributed by atoms with Crippen molar-refractivity contribution in [3.63, 3.8) is 0 Å². The molecule has 5 rings (SSSR count). The third-order valence-corrected chi connectivity index (χ3v) is 8.33. The van der Waals surface area contributed by atoms with E-state index in [0.29, 0.717) is 17.3 Å². The molecular weight excluding hydrogens is 524 g/mol. The Bertz CT molecular complexity index is 1440. The number of carboxylic acid groups (broad SMARTS) is 1. The largest absolute Gasteiger partial charge is 0.478 e. The first-order chi connectivity index (χ1) is 19.5. The molecule has 0 radical (unpaired) electrons. The number of hydrogen-bond donors (Lipinski definition) is 3. The van der Waals surface area contributed by atoms with E-state index < -0.39 is 12.3 Å². The summed E-state index contributed by atoms with van der Waals surface area (Å²) in [7, 11) is 0. The zero-order valence-corrected chi connectivity index (χ0v) is 23.0. The van der Waals surface area contributed by atoms with Crippen LogP contribution < -0.4 is 5.73 Å². The minimum Gasteiger partial charge on any atom is -0.478 e. The van der Waals surface area contributed by atoms with Crippen molar-refractivity contribution in [2.75, 3.05) is 5.75 Å². The Morgan fingerprint density at radius 2 is 1.68 bits per heavy atom. The standard InChI is InChI=1S/C32H32N2O5S/c1-20-28(19-40-30-27(31(36)37)7-4-16-34-30)38-32(39-29(20)23-10-8-21(18-35)9-11-23)24-14-12-22(13-15-24)26-6-3-2-5-25(26)17-33/h2-16,20,28-29,32,35H,17-19,33H2,1H3,(H,36,37)/t20-,28+,29+,32+/m1/s1.